The molecular formula is C25H29BrN4O5. The highest BCUT2D eigenvalue weighted by Gasteiger charge is 2.27. The second-order valence-corrected chi connectivity index (χ2v) is 9.22. The van der Waals surface area contributed by atoms with E-state index >= 15 is 0 Å². The standard InChI is InChI=1S/C25H29BrN4O5/c1-32-20-11-8-17(22(33-2)23(20)34-3)13-27-25(31)18-5-4-12-30(14-18)15-21-28-24(29-35-21)16-6-9-19(26)10-7-16/h6-11,18H,4-5,12-15H2,1-3H3,(H,27,31). The SMILES string of the molecule is COc1ccc(CNC(=O)C2CCCN(Cc3nc(-c4ccc(Br)cc4)no3)C2)c(OC)c1OC. The molecule has 1 atom stereocenters. The zero-order valence-electron chi connectivity index (χ0n) is 20.0. The number of halogens is 1. The van der Waals surface area contributed by atoms with Crippen LogP contribution in [-0.2, 0) is 17.9 Å². The third kappa shape index (κ3) is 5.94. The minimum atomic E-state index is -0.122. The van der Waals surface area contributed by atoms with Crippen LogP contribution in [0.25, 0.3) is 11.4 Å². The van der Waals surface area contributed by atoms with Crippen molar-refractivity contribution in [2.75, 3.05) is 34.4 Å². The second kappa shape index (κ2) is 11.5. The van der Waals surface area contributed by atoms with Crippen molar-refractivity contribution in [2.24, 2.45) is 5.92 Å². The highest BCUT2D eigenvalue weighted by molar-refractivity contribution is 9.10. The summed E-state index contributed by atoms with van der Waals surface area (Å²) in [5.41, 5.74) is 1.71. The first-order valence-corrected chi connectivity index (χ1v) is 12.2. The first-order chi connectivity index (χ1) is 17.0. The van der Waals surface area contributed by atoms with Crippen molar-refractivity contribution in [2.45, 2.75) is 25.9 Å². The van der Waals surface area contributed by atoms with Gasteiger partial charge in [-0.3, -0.25) is 9.69 Å². The number of amides is 1. The van der Waals surface area contributed by atoms with E-state index in [9.17, 15) is 4.79 Å². The summed E-state index contributed by atoms with van der Waals surface area (Å²) in [5, 5.41) is 7.15. The average molecular weight is 545 g/mol. The molecular weight excluding hydrogens is 516 g/mol. The first kappa shape index (κ1) is 25.0. The average Bonchev–Trinajstić information content (AvgIpc) is 3.35. The zero-order valence-corrected chi connectivity index (χ0v) is 21.6. The first-order valence-electron chi connectivity index (χ1n) is 11.4. The van der Waals surface area contributed by atoms with E-state index in [4.69, 9.17) is 18.7 Å². The maximum atomic E-state index is 13.0. The van der Waals surface area contributed by atoms with E-state index in [0.29, 0.717) is 48.6 Å². The lowest BCUT2D eigenvalue weighted by atomic mass is 9.97. The molecule has 0 radical (unpaired) electrons. The molecule has 4 rings (SSSR count). The molecule has 0 aliphatic carbocycles. The Kier molecular flexibility index (Phi) is 8.25. The summed E-state index contributed by atoms with van der Waals surface area (Å²) in [7, 11) is 4.70. The largest absolute Gasteiger partial charge is 0.493 e. The van der Waals surface area contributed by atoms with Gasteiger partial charge in [0, 0.05) is 28.7 Å². The smallest absolute Gasteiger partial charge is 0.241 e. The number of hydrogen-bond donors (Lipinski definition) is 1. The maximum Gasteiger partial charge on any atom is 0.241 e. The van der Waals surface area contributed by atoms with Gasteiger partial charge in [0.25, 0.3) is 0 Å². The molecule has 186 valence electrons. The fraction of sp³-hybridized carbons (Fsp3) is 0.400. The summed E-state index contributed by atoms with van der Waals surface area (Å²) in [6.45, 7) is 2.35. The van der Waals surface area contributed by atoms with Crippen LogP contribution in [0.1, 0.15) is 24.3 Å². The Hall–Kier alpha value is -3.11. The van der Waals surface area contributed by atoms with Crippen LogP contribution in [0, 0.1) is 5.92 Å². The zero-order chi connectivity index (χ0) is 24.8. The molecule has 1 aliphatic rings. The van der Waals surface area contributed by atoms with Crippen LogP contribution < -0.4 is 19.5 Å². The van der Waals surface area contributed by atoms with Crippen LogP contribution in [-0.4, -0.2) is 55.4 Å². The molecule has 1 aromatic heterocycles. The number of nitrogens with one attached hydrogen (secondary N) is 1. The van der Waals surface area contributed by atoms with Crippen molar-refractivity contribution in [3.8, 4) is 28.6 Å². The van der Waals surface area contributed by atoms with Gasteiger partial charge in [0.1, 0.15) is 0 Å². The van der Waals surface area contributed by atoms with E-state index in [1.54, 1.807) is 27.4 Å². The fourth-order valence-electron chi connectivity index (χ4n) is 4.27. The predicted octanol–water partition coefficient (Wildman–Crippen LogP) is 4.05. The molecule has 3 aromatic rings. The summed E-state index contributed by atoms with van der Waals surface area (Å²) >= 11 is 3.43. The highest BCUT2D eigenvalue weighted by Crippen LogP contribution is 2.39. The van der Waals surface area contributed by atoms with Gasteiger partial charge < -0.3 is 24.1 Å². The molecule has 0 bridgehead atoms. The van der Waals surface area contributed by atoms with Gasteiger partial charge in [0.05, 0.1) is 33.8 Å². The number of benzene rings is 2. The van der Waals surface area contributed by atoms with Gasteiger partial charge >= 0.3 is 0 Å². The van der Waals surface area contributed by atoms with Gasteiger partial charge in [-0.25, -0.2) is 0 Å². The molecule has 1 fully saturated rings. The van der Waals surface area contributed by atoms with E-state index in [1.807, 2.05) is 30.3 Å². The second-order valence-electron chi connectivity index (χ2n) is 8.30. The predicted molar refractivity (Wildman–Crippen MR) is 133 cm³/mol. The van der Waals surface area contributed by atoms with Gasteiger partial charge in [-0.1, -0.05) is 21.1 Å². The molecule has 1 N–H and O–H groups in total. The Bertz CT molecular complexity index is 1150. The lowest BCUT2D eigenvalue weighted by molar-refractivity contribution is -0.127. The van der Waals surface area contributed by atoms with Crippen LogP contribution >= 0.6 is 15.9 Å². The van der Waals surface area contributed by atoms with E-state index < -0.39 is 0 Å². The highest BCUT2D eigenvalue weighted by atomic mass is 79.9. The number of nitrogens with zero attached hydrogens (tertiary/aromatic N) is 3. The summed E-state index contributed by atoms with van der Waals surface area (Å²) in [5.74, 6) is 2.62. The van der Waals surface area contributed by atoms with Crippen LogP contribution in [0.2, 0.25) is 0 Å². The monoisotopic (exact) mass is 544 g/mol. The van der Waals surface area contributed by atoms with Crippen molar-refractivity contribution in [3.63, 3.8) is 0 Å². The van der Waals surface area contributed by atoms with Crippen molar-refractivity contribution < 1.29 is 23.5 Å². The van der Waals surface area contributed by atoms with Crippen LogP contribution in [0.15, 0.2) is 45.4 Å². The van der Waals surface area contributed by atoms with Crippen molar-refractivity contribution in [1.82, 2.24) is 20.4 Å². The molecule has 9 nitrogen and oxygen atoms in total. The van der Waals surface area contributed by atoms with Crippen molar-refractivity contribution in [1.29, 1.82) is 0 Å². The summed E-state index contributed by atoms with van der Waals surface area (Å²) in [6.07, 6.45) is 1.75. The number of likely N-dealkylation sites (tertiary alicyclic amines) is 1. The molecule has 0 saturated carbocycles. The lowest BCUT2D eigenvalue weighted by Crippen LogP contribution is -2.42. The fourth-order valence-corrected chi connectivity index (χ4v) is 4.53. The van der Waals surface area contributed by atoms with Gasteiger partial charge in [-0.2, -0.15) is 4.98 Å². The number of rotatable bonds is 9. The van der Waals surface area contributed by atoms with E-state index in [0.717, 1.165) is 35.0 Å². The molecule has 35 heavy (non-hydrogen) atoms. The Morgan fingerprint density at radius 1 is 1.11 bits per heavy atom. The number of ether oxygens (including phenoxy) is 3. The molecule has 10 heteroatoms. The van der Waals surface area contributed by atoms with Crippen LogP contribution in [0.5, 0.6) is 17.2 Å². The Morgan fingerprint density at radius 3 is 2.60 bits per heavy atom. The summed E-state index contributed by atoms with van der Waals surface area (Å²) < 4.78 is 22.7. The third-order valence-electron chi connectivity index (χ3n) is 6.04. The number of piperidine rings is 1. The van der Waals surface area contributed by atoms with E-state index in [1.165, 1.54) is 0 Å². The minimum Gasteiger partial charge on any atom is -0.493 e. The number of methoxy groups -OCH3 is 3. The molecule has 1 saturated heterocycles. The minimum absolute atomic E-state index is 0.00705. The topological polar surface area (TPSA) is 99.0 Å². The molecule has 1 amide bonds. The Labute approximate surface area is 212 Å². The van der Waals surface area contributed by atoms with Gasteiger partial charge in [-0.15, -0.1) is 0 Å². The molecule has 2 aromatic carbocycles. The Balaban J connectivity index is 1.35. The summed E-state index contributed by atoms with van der Waals surface area (Å²) in [6, 6.07) is 11.4. The molecule has 1 aliphatic heterocycles. The molecule has 0 spiro atoms. The van der Waals surface area contributed by atoms with Crippen LogP contribution in [0.4, 0.5) is 0 Å². The third-order valence-corrected chi connectivity index (χ3v) is 6.57. The number of carbonyl (C=O) groups is 1. The van der Waals surface area contributed by atoms with E-state index in [-0.39, 0.29) is 11.8 Å². The number of aromatic nitrogens is 2. The molecule has 2 heterocycles. The lowest BCUT2D eigenvalue weighted by Gasteiger charge is -2.31. The number of hydrogen-bond acceptors (Lipinski definition) is 8. The quantitative estimate of drug-likeness (QED) is 0.430. The maximum absolute atomic E-state index is 13.0. The van der Waals surface area contributed by atoms with Gasteiger partial charge in [0.15, 0.2) is 11.5 Å². The van der Waals surface area contributed by atoms with E-state index in [2.05, 4.69) is 36.3 Å². The normalized spacial score (nSPS) is 16.1. The molecule has 1 unspecified atom stereocenters. The van der Waals surface area contributed by atoms with Crippen molar-refractivity contribution in [3.05, 3.63) is 52.3 Å². The Morgan fingerprint density at radius 2 is 1.89 bits per heavy atom. The van der Waals surface area contributed by atoms with Crippen LogP contribution in [0.3, 0.4) is 0 Å². The summed E-state index contributed by atoms with van der Waals surface area (Å²) in [4.78, 5) is 19.7. The number of carbonyl (C=O) groups excluding carboxylic acids is 1. The van der Waals surface area contributed by atoms with Crippen molar-refractivity contribution >= 4 is 21.8 Å². The van der Waals surface area contributed by atoms with Gasteiger partial charge in [0.2, 0.25) is 23.4 Å². The van der Waals surface area contributed by atoms with Gasteiger partial charge in [-0.05, 0) is 55.8 Å².